The summed E-state index contributed by atoms with van der Waals surface area (Å²) in [7, 11) is 1.60. The normalized spacial score (nSPS) is 12.1. The van der Waals surface area contributed by atoms with Gasteiger partial charge in [0.05, 0.1) is 18.7 Å². The predicted octanol–water partition coefficient (Wildman–Crippen LogP) is 3.04. The lowest BCUT2D eigenvalue weighted by Crippen LogP contribution is -2.34. The van der Waals surface area contributed by atoms with Crippen molar-refractivity contribution >= 4 is 11.6 Å². The Morgan fingerprint density at radius 3 is 2.52 bits per heavy atom. The molecular weight excluding hydrogens is 286 g/mol. The Balaban J connectivity index is 1.92. The van der Waals surface area contributed by atoms with E-state index in [1.54, 1.807) is 7.11 Å². The maximum absolute atomic E-state index is 9.49. The molecule has 3 nitrogen and oxygen atoms in total. The van der Waals surface area contributed by atoms with Gasteiger partial charge < -0.3 is 15.2 Å². The van der Waals surface area contributed by atoms with Crippen LogP contribution in [-0.4, -0.2) is 24.9 Å². The molecule has 0 radical (unpaired) electrons. The first-order valence-corrected chi connectivity index (χ1v) is 7.31. The van der Waals surface area contributed by atoms with Gasteiger partial charge in [-0.3, -0.25) is 0 Å². The van der Waals surface area contributed by atoms with Crippen LogP contribution in [0.3, 0.4) is 0 Å². The molecule has 0 bridgehead atoms. The van der Waals surface area contributed by atoms with Crippen molar-refractivity contribution in [3.8, 4) is 5.75 Å². The summed E-state index contributed by atoms with van der Waals surface area (Å²) in [4.78, 5) is 0. The van der Waals surface area contributed by atoms with Crippen LogP contribution < -0.4 is 10.1 Å². The molecule has 0 unspecified atom stereocenters. The Morgan fingerprint density at radius 2 is 1.90 bits per heavy atom. The summed E-state index contributed by atoms with van der Waals surface area (Å²) in [6, 6.07) is 15.9. The van der Waals surface area contributed by atoms with Crippen LogP contribution in [0.4, 0.5) is 0 Å². The van der Waals surface area contributed by atoms with Crippen LogP contribution >= 0.6 is 11.6 Å². The van der Waals surface area contributed by atoms with Gasteiger partial charge in [-0.05, 0) is 29.7 Å². The maximum Gasteiger partial charge on any atom is 0.137 e. The van der Waals surface area contributed by atoms with Gasteiger partial charge in [0, 0.05) is 12.6 Å². The van der Waals surface area contributed by atoms with Gasteiger partial charge in [0.2, 0.25) is 0 Å². The minimum absolute atomic E-state index is 0.0216. The van der Waals surface area contributed by atoms with E-state index in [0.717, 1.165) is 12.0 Å². The van der Waals surface area contributed by atoms with Gasteiger partial charge in [-0.2, -0.15) is 0 Å². The number of aliphatic hydroxyl groups is 1. The van der Waals surface area contributed by atoms with Gasteiger partial charge in [0.1, 0.15) is 5.75 Å². The van der Waals surface area contributed by atoms with E-state index >= 15 is 0 Å². The predicted molar refractivity (Wildman–Crippen MR) is 85.9 cm³/mol. The van der Waals surface area contributed by atoms with Crippen molar-refractivity contribution in [2.45, 2.75) is 19.0 Å². The number of methoxy groups -OCH3 is 1. The molecule has 0 aliphatic heterocycles. The van der Waals surface area contributed by atoms with E-state index in [2.05, 4.69) is 17.4 Å². The molecule has 112 valence electrons. The number of rotatable bonds is 7. The zero-order chi connectivity index (χ0) is 15.1. The minimum Gasteiger partial charge on any atom is -0.495 e. The molecule has 0 aromatic heterocycles. The second-order valence-electron chi connectivity index (χ2n) is 4.92. The van der Waals surface area contributed by atoms with Crippen LogP contribution in [0.25, 0.3) is 0 Å². The first-order chi connectivity index (χ1) is 10.2. The molecular formula is C17H20ClNO2. The van der Waals surface area contributed by atoms with Crippen molar-refractivity contribution in [1.82, 2.24) is 5.32 Å². The molecule has 2 N–H and O–H groups in total. The Morgan fingerprint density at radius 1 is 1.14 bits per heavy atom. The van der Waals surface area contributed by atoms with E-state index in [0.29, 0.717) is 17.3 Å². The van der Waals surface area contributed by atoms with Gasteiger partial charge in [0.25, 0.3) is 0 Å². The average molecular weight is 306 g/mol. The van der Waals surface area contributed by atoms with Gasteiger partial charge in [-0.15, -0.1) is 0 Å². The van der Waals surface area contributed by atoms with Gasteiger partial charge in [0.15, 0.2) is 0 Å². The molecule has 4 heteroatoms. The first kappa shape index (κ1) is 15.8. The van der Waals surface area contributed by atoms with E-state index in [4.69, 9.17) is 16.3 Å². The fourth-order valence-electron chi connectivity index (χ4n) is 2.18. The van der Waals surface area contributed by atoms with Crippen LogP contribution in [0.1, 0.15) is 11.1 Å². The fraction of sp³-hybridized carbons (Fsp3) is 0.294. The minimum atomic E-state index is 0.0216. The lowest BCUT2D eigenvalue weighted by atomic mass is 10.1. The highest BCUT2D eigenvalue weighted by molar-refractivity contribution is 6.32. The number of aliphatic hydroxyl groups excluding tert-OH is 1. The molecule has 0 fully saturated rings. The van der Waals surface area contributed by atoms with Crippen molar-refractivity contribution in [3.63, 3.8) is 0 Å². The number of hydrogen-bond acceptors (Lipinski definition) is 3. The van der Waals surface area contributed by atoms with E-state index in [1.807, 2.05) is 36.4 Å². The van der Waals surface area contributed by atoms with Crippen molar-refractivity contribution in [2.24, 2.45) is 0 Å². The van der Waals surface area contributed by atoms with E-state index in [1.165, 1.54) is 5.56 Å². The zero-order valence-electron chi connectivity index (χ0n) is 12.1. The van der Waals surface area contributed by atoms with Crippen molar-refractivity contribution in [1.29, 1.82) is 0 Å². The lowest BCUT2D eigenvalue weighted by Gasteiger charge is -2.17. The number of halogens is 1. The third-order valence-electron chi connectivity index (χ3n) is 3.36. The highest BCUT2D eigenvalue weighted by atomic mass is 35.5. The summed E-state index contributed by atoms with van der Waals surface area (Å²) in [5.41, 5.74) is 2.27. The van der Waals surface area contributed by atoms with Crippen LogP contribution in [0, 0.1) is 0 Å². The van der Waals surface area contributed by atoms with Crippen molar-refractivity contribution in [2.75, 3.05) is 13.7 Å². The van der Waals surface area contributed by atoms with Gasteiger partial charge >= 0.3 is 0 Å². The first-order valence-electron chi connectivity index (χ1n) is 6.93. The fourth-order valence-corrected chi connectivity index (χ4v) is 2.46. The van der Waals surface area contributed by atoms with Gasteiger partial charge in [-0.25, -0.2) is 0 Å². The van der Waals surface area contributed by atoms with Crippen LogP contribution in [0.5, 0.6) is 5.75 Å². The molecule has 2 aromatic carbocycles. The molecule has 2 rings (SSSR count). The average Bonchev–Trinajstić information content (AvgIpc) is 2.52. The summed E-state index contributed by atoms with van der Waals surface area (Å²) in [6.45, 7) is 0.751. The molecule has 0 spiro atoms. The standard InChI is InChI=1S/C17H20ClNO2/c1-21-17-8-7-14(10-16(17)18)11-19-15(12-20)9-13-5-3-2-4-6-13/h2-8,10,15,19-20H,9,11-12H2,1H3/t15-/m0/s1. The van der Waals surface area contributed by atoms with Crippen LogP contribution in [0.2, 0.25) is 5.02 Å². The summed E-state index contributed by atoms with van der Waals surface area (Å²) in [6.07, 6.45) is 0.793. The number of ether oxygens (including phenoxy) is 1. The quantitative estimate of drug-likeness (QED) is 0.826. The molecule has 0 aliphatic carbocycles. The van der Waals surface area contributed by atoms with E-state index in [9.17, 15) is 5.11 Å². The number of hydrogen-bond donors (Lipinski definition) is 2. The summed E-state index contributed by atoms with van der Waals surface area (Å²) < 4.78 is 5.13. The molecule has 2 aromatic rings. The molecule has 0 aliphatic rings. The molecule has 1 atom stereocenters. The zero-order valence-corrected chi connectivity index (χ0v) is 12.8. The van der Waals surface area contributed by atoms with Crippen LogP contribution in [0.15, 0.2) is 48.5 Å². The Labute approximate surface area is 130 Å². The van der Waals surface area contributed by atoms with Gasteiger partial charge in [-0.1, -0.05) is 48.0 Å². The third-order valence-corrected chi connectivity index (χ3v) is 3.65. The maximum atomic E-state index is 9.49. The van der Waals surface area contributed by atoms with E-state index < -0.39 is 0 Å². The highest BCUT2D eigenvalue weighted by Crippen LogP contribution is 2.24. The highest BCUT2D eigenvalue weighted by Gasteiger charge is 2.09. The number of nitrogens with one attached hydrogen (secondary N) is 1. The van der Waals surface area contributed by atoms with Crippen molar-refractivity contribution in [3.05, 3.63) is 64.7 Å². The summed E-state index contributed by atoms with van der Waals surface area (Å²) >= 11 is 6.11. The Bertz CT molecular complexity index is 560. The monoisotopic (exact) mass is 305 g/mol. The summed E-state index contributed by atoms with van der Waals surface area (Å²) in [5.74, 6) is 0.670. The molecule has 0 saturated heterocycles. The smallest absolute Gasteiger partial charge is 0.137 e. The summed E-state index contributed by atoms with van der Waals surface area (Å²) in [5, 5.41) is 13.4. The van der Waals surface area contributed by atoms with Crippen LogP contribution in [-0.2, 0) is 13.0 Å². The second kappa shape index (κ2) is 8.03. The van der Waals surface area contributed by atoms with E-state index in [-0.39, 0.29) is 12.6 Å². The topological polar surface area (TPSA) is 41.5 Å². The molecule has 21 heavy (non-hydrogen) atoms. The van der Waals surface area contributed by atoms with Crippen molar-refractivity contribution < 1.29 is 9.84 Å². The largest absolute Gasteiger partial charge is 0.495 e. The molecule has 0 amide bonds. The SMILES string of the molecule is COc1ccc(CN[C@H](CO)Cc2ccccc2)cc1Cl. The molecule has 0 saturated carbocycles. The Hall–Kier alpha value is -1.55. The lowest BCUT2D eigenvalue weighted by molar-refractivity contribution is 0.241. The molecule has 0 heterocycles. The third kappa shape index (κ3) is 4.74. The number of benzene rings is 2. The Kier molecular flexibility index (Phi) is 6.05. The second-order valence-corrected chi connectivity index (χ2v) is 5.33.